The Morgan fingerprint density at radius 1 is 1.33 bits per heavy atom. The number of aromatic nitrogens is 3. The van der Waals surface area contributed by atoms with Crippen LogP contribution in [-0.2, 0) is 11.3 Å². The van der Waals surface area contributed by atoms with Crippen molar-refractivity contribution in [2.24, 2.45) is 0 Å². The predicted molar refractivity (Wildman–Crippen MR) is 101 cm³/mol. The largest absolute Gasteiger partial charge is 0.377 e. The molecule has 3 heterocycles. The lowest BCUT2D eigenvalue weighted by Crippen LogP contribution is -2.48. The third kappa shape index (κ3) is 3.47. The molecule has 2 aromatic heterocycles. The Balaban J connectivity index is 1.54. The minimum Gasteiger partial charge on any atom is -0.377 e. The zero-order valence-corrected chi connectivity index (χ0v) is 15.7. The fourth-order valence-corrected chi connectivity index (χ4v) is 3.68. The van der Waals surface area contributed by atoms with Crippen molar-refractivity contribution in [3.8, 4) is 0 Å². The number of hydrogen-bond acceptors (Lipinski definition) is 5. The van der Waals surface area contributed by atoms with Crippen molar-refractivity contribution in [1.29, 1.82) is 0 Å². The summed E-state index contributed by atoms with van der Waals surface area (Å²) in [6.45, 7) is 6.32. The number of benzene rings is 1. The van der Waals surface area contributed by atoms with E-state index < -0.39 is 0 Å². The van der Waals surface area contributed by atoms with E-state index in [0.29, 0.717) is 37.8 Å². The summed E-state index contributed by atoms with van der Waals surface area (Å²) in [5.41, 5.74) is 2.34. The van der Waals surface area contributed by atoms with Gasteiger partial charge >= 0.3 is 0 Å². The van der Waals surface area contributed by atoms with E-state index in [4.69, 9.17) is 9.26 Å². The van der Waals surface area contributed by atoms with Crippen LogP contribution >= 0.6 is 0 Å². The molecule has 0 N–H and O–H groups in total. The lowest BCUT2D eigenvalue weighted by molar-refractivity contribution is -0.00482. The number of para-hydroxylation sites is 2. The monoisotopic (exact) mass is 368 g/mol. The predicted octanol–water partition coefficient (Wildman–Crippen LogP) is 3.02. The first-order valence-corrected chi connectivity index (χ1v) is 9.43. The molecular weight excluding hydrogens is 344 g/mol. The summed E-state index contributed by atoms with van der Waals surface area (Å²) in [4.78, 5) is 19.3. The van der Waals surface area contributed by atoms with Gasteiger partial charge in [-0.25, -0.2) is 4.98 Å². The van der Waals surface area contributed by atoms with Crippen LogP contribution in [0.3, 0.4) is 0 Å². The number of rotatable bonds is 5. The highest BCUT2D eigenvalue weighted by molar-refractivity contribution is 5.92. The number of morpholine rings is 1. The van der Waals surface area contributed by atoms with Gasteiger partial charge in [-0.1, -0.05) is 30.6 Å². The highest BCUT2D eigenvalue weighted by atomic mass is 16.5. The van der Waals surface area contributed by atoms with Gasteiger partial charge in [0, 0.05) is 12.6 Å². The van der Waals surface area contributed by atoms with E-state index in [1.54, 1.807) is 6.07 Å². The minimum atomic E-state index is -0.0843. The molecular formula is C20H24N4O3. The zero-order valence-electron chi connectivity index (χ0n) is 15.7. The summed E-state index contributed by atoms with van der Waals surface area (Å²) < 4.78 is 13.1. The van der Waals surface area contributed by atoms with Crippen molar-refractivity contribution in [3.05, 3.63) is 47.6 Å². The van der Waals surface area contributed by atoms with Crippen LogP contribution in [0.5, 0.6) is 0 Å². The number of carbonyl (C=O) groups excluding carboxylic acids is 1. The van der Waals surface area contributed by atoms with E-state index in [-0.39, 0.29) is 11.9 Å². The molecule has 0 bridgehead atoms. The van der Waals surface area contributed by atoms with Crippen LogP contribution < -0.4 is 0 Å². The molecule has 1 aliphatic rings. The Morgan fingerprint density at radius 3 is 3.04 bits per heavy atom. The van der Waals surface area contributed by atoms with Crippen LogP contribution in [0.25, 0.3) is 11.0 Å². The van der Waals surface area contributed by atoms with Crippen LogP contribution in [0, 0.1) is 6.92 Å². The number of fused-ring (bicyclic) bond motifs is 1. The molecule has 1 atom stereocenters. The SMILES string of the molecule is CCCC1COCCN1C(=O)c1cc(Cn2c(C)nc3ccccc32)on1. The number of ether oxygens (including phenoxy) is 1. The minimum absolute atomic E-state index is 0.0843. The van der Waals surface area contributed by atoms with Crippen LogP contribution in [0.1, 0.15) is 41.8 Å². The number of hydrogen-bond donors (Lipinski definition) is 0. The smallest absolute Gasteiger partial charge is 0.276 e. The second kappa shape index (κ2) is 7.52. The Labute approximate surface area is 157 Å². The van der Waals surface area contributed by atoms with Crippen LogP contribution in [-0.4, -0.2) is 51.3 Å². The Bertz CT molecular complexity index is 944. The van der Waals surface area contributed by atoms with Crippen molar-refractivity contribution in [1.82, 2.24) is 19.6 Å². The third-order valence-electron chi connectivity index (χ3n) is 5.05. The summed E-state index contributed by atoms with van der Waals surface area (Å²) in [5, 5.41) is 4.04. The maximum Gasteiger partial charge on any atom is 0.276 e. The van der Waals surface area contributed by atoms with Crippen molar-refractivity contribution >= 4 is 16.9 Å². The maximum atomic E-state index is 12.9. The van der Waals surface area contributed by atoms with E-state index in [0.717, 1.165) is 29.7 Å². The first-order chi connectivity index (χ1) is 13.2. The average Bonchev–Trinajstić information content (AvgIpc) is 3.27. The van der Waals surface area contributed by atoms with Crippen molar-refractivity contribution in [2.75, 3.05) is 19.8 Å². The standard InChI is InChI=1S/C20H24N4O3/c1-3-6-15-13-26-10-9-23(15)20(25)18-11-16(27-22-18)12-24-14(2)21-17-7-4-5-8-19(17)24/h4-5,7-8,11,15H,3,6,9-10,12-13H2,1-2H3. The summed E-state index contributed by atoms with van der Waals surface area (Å²) >= 11 is 0. The van der Waals surface area contributed by atoms with Gasteiger partial charge in [0.15, 0.2) is 11.5 Å². The average molecular weight is 368 g/mol. The first kappa shape index (κ1) is 17.7. The van der Waals surface area contributed by atoms with Gasteiger partial charge in [-0.2, -0.15) is 0 Å². The lowest BCUT2D eigenvalue weighted by Gasteiger charge is -2.35. The van der Waals surface area contributed by atoms with Crippen LogP contribution in [0.4, 0.5) is 0 Å². The second-order valence-corrected chi connectivity index (χ2v) is 6.93. The second-order valence-electron chi connectivity index (χ2n) is 6.93. The zero-order chi connectivity index (χ0) is 18.8. The van der Waals surface area contributed by atoms with Gasteiger partial charge in [-0.15, -0.1) is 0 Å². The fraction of sp³-hybridized carbons (Fsp3) is 0.450. The molecule has 1 fully saturated rings. The van der Waals surface area contributed by atoms with E-state index in [9.17, 15) is 4.79 Å². The van der Waals surface area contributed by atoms with Crippen LogP contribution in [0.15, 0.2) is 34.9 Å². The highest BCUT2D eigenvalue weighted by Gasteiger charge is 2.29. The normalized spacial score (nSPS) is 17.6. The van der Waals surface area contributed by atoms with Gasteiger partial charge in [-0.3, -0.25) is 4.79 Å². The highest BCUT2D eigenvalue weighted by Crippen LogP contribution is 2.20. The number of carbonyl (C=O) groups is 1. The molecule has 1 aromatic carbocycles. The molecule has 0 aliphatic carbocycles. The van der Waals surface area contributed by atoms with E-state index in [2.05, 4.69) is 21.6 Å². The van der Waals surface area contributed by atoms with Crippen molar-refractivity contribution in [2.45, 2.75) is 39.3 Å². The van der Waals surface area contributed by atoms with E-state index in [1.807, 2.05) is 36.1 Å². The number of imidazole rings is 1. The number of nitrogens with zero attached hydrogens (tertiary/aromatic N) is 4. The van der Waals surface area contributed by atoms with Crippen molar-refractivity contribution in [3.63, 3.8) is 0 Å². The lowest BCUT2D eigenvalue weighted by atomic mass is 10.1. The summed E-state index contributed by atoms with van der Waals surface area (Å²) in [7, 11) is 0. The molecule has 4 rings (SSSR count). The van der Waals surface area contributed by atoms with Crippen molar-refractivity contribution < 1.29 is 14.1 Å². The number of aryl methyl sites for hydroxylation is 1. The topological polar surface area (TPSA) is 73.4 Å². The molecule has 27 heavy (non-hydrogen) atoms. The Hall–Kier alpha value is -2.67. The van der Waals surface area contributed by atoms with E-state index in [1.165, 1.54) is 0 Å². The molecule has 1 saturated heterocycles. The quantitative estimate of drug-likeness (QED) is 0.692. The first-order valence-electron chi connectivity index (χ1n) is 9.43. The van der Waals surface area contributed by atoms with Gasteiger partial charge < -0.3 is 18.7 Å². The molecule has 0 saturated carbocycles. The van der Waals surface area contributed by atoms with Gasteiger partial charge in [0.2, 0.25) is 0 Å². The van der Waals surface area contributed by atoms with Gasteiger partial charge in [-0.05, 0) is 25.5 Å². The molecule has 1 unspecified atom stereocenters. The molecule has 142 valence electrons. The molecule has 7 heteroatoms. The molecule has 7 nitrogen and oxygen atoms in total. The van der Waals surface area contributed by atoms with Gasteiger partial charge in [0.25, 0.3) is 5.91 Å². The Morgan fingerprint density at radius 2 is 2.19 bits per heavy atom. The maximum absolute atomic E-state index is 12.9. The fourth-order valence-electron chi connectivity index (χ4n) is 3.68. The summed E-state index contributed by atoms with van der Waals surface area (Å²) in [6.07, 6.45) is 1.94. The molecule has 1 aliphatic heterocycles. The molecule has 0 radical (unpaired) electrons. The Kier molecular flexibility index (Phi) is 4.94. The van der Waals surface area contributed by atoms with Crippen LogP contribution in [0.2, 0.25) is 0 Å². The van der Waals surface area contributed by atoms with Gasteiger partial charge in [0.1, 0.15) is 5.82 Å². The summed E-state index contributed by atoms with van der Waals surface area (Å²) in [5.74, 6) is 1.46. The molecule has 0 spiro atoms. The third-order valence-corrected chi connectivity index (χ3v) is 5.05. The number of amides is 1. The molecule has 1 amide bonds. The van der Waals surface area contributed by atoms with Gasteiger partial charge in [0.05, 0.1) is 36.8 Å². The van der Waals surface area contributed by atoms with E-state index >= 15 is 0 Å². The molecule has 3 aromatic rings. The summed E-state index contributed by atoms with van der Waals surface area (Å²) in [6, 6.07) is 9.83.